The Kier molecular flexibility index (Phi) is 7.73. The molecule has 8 nitrogen and oxygen atoms in total. The molecule has 2 aromatic heterocycles. The van der Waals surface area contributed by atoms with E-state index in [0.29, 0.717) is 32.1 Å². The van der Waals surface area contributed by atoms with Crippen molar-refractivity contribution in [3.63, 3.8) is 0 Å². The summed E-state index contributed by atoms with van der Waals surface area (Å²) in [6, 6.07) is 18.9. The van der Waals surface area contributed by atoms with E-state index in [9.17, 15) is 9.59 Å². The Hall–Kier alpha value is -4.89. The predicted octanol–water partition coefficient (Wildman–Crippen LogP) is 5.58. The number of esters is 1. The van der Waals surface area contributed by atoms with Gasteiger partial charge in [0.2, 0.25) is 0 Å². The third-order valence-corrected chi connectivity index (χ3v) is 8.86. The van der Waals surface area contributed by atoms with E-state index in [0.717, 1.165) is 38.9 Å². The van der Waals surface area contributed by atoms with Crippen LogP contribution in [0.15, 0.2) is 81.7 Å². The highest BCUT2D eigenvalue weighted by atomic mass is 32.1. The number of H-pyrrole nitrogens is 1. The molecule has 0 radical (unpaired) electrons. The smallest absolute Gasteiger partial charge is 0.338 e. The summed E-state index contributed by atoms with van der Waals surface area (Å²) in [6.07, 6.45) is 1.94. The number of benzene rings is 3. The van der Waals surface area contributed by atoms with Gasteiger partial charge in [-0.05, 0) is 63.1 Å². The van der Waals surface area contributed by atoms with Crippen LogP contribution in [0.4, 0.5) is 0 Å². The van der Waals surface area contributed by atoms with Crippen LogP contribution in [0.2, 0.25) is 0 Å². The van der Waals surface area contributed by atoms with Gasteiger partial charge in [0.05, 0.1) is 42.3 Å². The second-order valence-electron chi connectivity index (χ2n) is 10.7. The van der Waals surface area contributed by atoms with Crippen LogP contribution in [0, 0.1) is 13.8 Å². The molecule has 0 unspecified atom stereocenters. The first-order chi connectivity index (χ1) is 21.2. The summed E-state index contributed by atoms with van der Waals surface area (Å²) in [6.45, 7) is 7.86. The molecule has 0 fully saturated rings. The summed E-state index contributed by atoms with van der Waals surface area (Å²) >= 11 is 1.29. The number of rotatable bonds is 7. The highest BCUT2D eigenvalue weighted by Crippen LogP contribution is 2.38. The van der Waals surface area contributed by atoms with Crippen LogP contribution in [-0.4, -0.2) is 36.3 Å². The van der Waals surface area contributed by atoms with Crippen molar-refractivity contribution in [1.82, 2.24) is 9.55 Å². The second kappa shape index (κ2) is 11.7. The SMILES string of the molecule is CCOC(=O)C1=C(C)N=c2s/c(=C/c3c(-c4ccccc4)[nH]c4c(C)cc(C)cc34)c(=O)n2[C@@H]1c1ccc(OC)cc1OC. The van der Waals surface area contributed by atoms with Crippen molar-refractivity contribution in [3.8, 4) is 22.8 Å². The maximum atomic E-state index is 14.4. The molecule has 9 heteroatoms. The molecular formula is C35H33N3O5S. The van der Waals surface area contributed by atoms with Crippen molar-refractivity contribution in [2.24, 2.45) is 4.99 Å². The van der Waals surface area contributed by atoms with Gasteiger partial charge < -0.3 is 19.2 Å². The first-order valence-electron chi connectivity index (χ1n) is 14.4. The second-order valence-corrected chi connectivity index (χ2v) is 11.7. The van der Waals surface area contributed by atoms with E-state index in [-0.39, 0.29) is 17.7 Å². The number of fused-ring (bicyclic) bond motifs is 2. The summed E-state index contributed by atoms with van der Waals surface area (Å²) in [4.78, 5) is 36.7. The van der Waals surface area contributed by atoms with Gasteiger partial charge in [0.25, 0.3) is 5.56 Å². The maximum absolute atomic E-state index is 14.4. The molecule has 1 aliphatic heterocycles. The van der Waals surface area contributed by atoms with Crippen molar-refractivity contribution in [1.29, 1.82) is 0 Å². The van der Waals surface area contributed by atoms with Crippen molar-refractivity contribution >= 4 is 34.3 Å². The quantitative estimate of drug-likeness (QED) is 0.244. The fourth-order valence-electron chi connectivity index (χ4n) is 5.92. The van der Waals surface area contributed by atoms with Gasteiger partial charge >= 0.3 is 5.97 Å². The fraction of sp³-hybridized carbons (Fsp3) is 0.229. The number of hydrogen-bond donors (Lipinski definition) is 1. The van der Waals surface area contributed by atoms with Crippen molar-refractivity contribution < 1.29 is 19.0 Å². The minimum absolute atomic E-state index is 0.189. The van der Waals surface area contributed by atoms with E-state index >= 15 is 0 Å². The number of allylic oxidation sites excluding steroid dienone is 1. The van der Waals surface area contributed by atoms with E-state index in [1.165, 1.54) is 11.3 Å². The van der Waals surface area contributed by atoms with E-state index in [1.54, 1.807) is 44.8 Å². The van der Waals surface area contributed by atoms with Gasteiger partial charge in [-0.2, -0.15) is 0 Å². The fourth-order valence-corrected chi connectivity index (χ4v) is 6.94. The standard InChI is InChI=1S/C35H33N3O5S/c1-7-43-34(40)29-21(4)36-35-38(32(29)24-14-13-23(41-5)17-27(24)42-6)33(39)28(44-35)18-26-25-16-19(2)15-20(3)30(25)37-31(26)22-11-9-8-10-12-22/h8-18,32,37H,7H2,1-6H3/b28-18+/t32-/m1/s1. The highest BCUT2D eigenvalue weighted by molar-refractivity contribution is 7.07. The van der Waals surface area contributed by atoms with Crippen LogP contribution < -0.4 is 24.4 Å². The number of methoxy groups -OCH3 is 2. The average Bonchev–Trinajstić information content (AvgIpc) is 3.53. The van der Waals surface area contributed by atoms with E-state index in [2.05, 4.69) is 43.1 Å². The molecule has 0 saturated carbocycles. The van der Waals surface area contributed by atoms with Gasteiger partial charge in [-0.25, -0.2) is 9.79 Å². The summed E-state index contributed by atoms with van der Waals surface area (Å²) in [7, 11) is 3.12. The zero-order valence-electron chi connectivity index (χ0n) is 25.5. The predicted molar refractivity (Wildman–Crippen MR) is 173 cm³/mol. The molecule has 6 rings (SSSR count). The number of aryl methyl sites for hydroxylation is 2. The maximum Gasteiger partial charge on any atom is 0.338 e. The molecule has 0 amide bonds. The molecule has 5 aromatic rings. The number of hydrogen-bond acceptors (Lipinski definition) is 7. The van der Waals surface area contributed by atoms with Crippen LogP contribution in [0.1, 0.15) is 42.1 Å². The van der Waals surface area contributed by atoms with E-state index in [1.807, 2.05) is 30.3 Å². The Labute approximate surface area is 258 Å². The van der Waals surface area contributed by atoms with Crippen molar-refractivity contribution in [3.05, 3.63) is 114 Å². The van der Waals surface area contributed by atoms with Crippen molar-refractivity contribution in [2.45, 2.75) is 33.7 Å². The number of nitrogens with zero attached hydrogens (tertiary/aromatic N) is 2. The van der Waals surface area contributed by atoms with E-state index < -0.39 is 12.0 Å². The Bertz CT molecular complexity index is 2140. The summed E-state index contributed by atoms with van der Waals surface area (Å²) in [5.74, 6) is 0.545. The molecule has 0 aliphatic carbocycles. The lowest BCUT2D eigenvalue weighted by Crippen LogP contribution is -2.40. The third kappa shape index (κ3) is 4.93. The van der Waals surface area contributed by atoms with Gasteiger partial charge in [-0.3, -0.25) is 9.36 Å². The van der Waals surface area contributed by atoms with Crippen LogP contribution in [0.3, 0.4) is 0 Å². The molecule has 1 aliphatic rings. The Balaban J connectivity index is 1.65. The Morgan fingerprint density at radius 3 is 2.52 bits per heavy atom. The normalized spacial score (nSPS) is 14.9. The molecule has 0 spiro atoms. The van der Waals surface area contributed by atoms with Crippen molar-refractivity contribution in [2.75, 3.05) is 20.8 Å². The van der Waals surface area contributed by atoms with Crippen LogP contribution in [0.25, 0.3) is 28.2 Å². The third-order valence-electron chi connectivity index (χ3n) is 7.88. The van der Waals surface area contributed by atoms with Crippen LogP contribution >= 0.6 is 11.3 Å². The molecule has 1 atom stereocenters. The molecule has 44 heavy (non-hydrogen) atoms. The first-order valence-corrected chi connectivity index (χ1v) is 15.2. The number of thiazole rings is 1. The van der Waals surface area contributed by atoms with E-state index in [4.69, 9.17) is 19.2 Å². The molecule has 0 bridgehead atoms. The van der Waals surface area contributed by atoms with Gasteiger partial charge in [0, 0.05) is 28.1 Å². The van der Waals surface area contributed by atoms with Gasteiger partial charge in [-0.1, -0.05) is 53.3 Å². The lowest BCUT2D eigenvalue weighted by Gasteiger charge is -2.26. The Morgan fingerprint density at radius 1 is 1.05 bits per heavy atom. The molecule has 0 saturated heterocycles. The lowest BCUT2D eigenvalue weighted by atomic mass is 9.95. The zero-order valence-corrected chi connectivity index (χ0v) is 26.3. The lowest BCUT2D eigenvalue weighted by molar-refractivity contribution is -0.139. The summed E-state index contributed by atoms with van der Waals surface area (Å²) < 4.78 is 18.7. The largest absolute Gasteiger partial charge is 0.497 e. The average molecular weight is 608 g/mol. The molecule has 1 N–H and O–H groups in total. The Morgan fingerprint density at radius 2 is 1.82 bits per heavy atom. The number of carbonyl (C=O) groups is 1. The topological polar surface area (TPSA) is 94.9 Å². The number of nitrogens with one attached hydrogen (secondary N) is 1. The minimum Gasteiger partial charge on any atom is -0.497 e. The van der Waals surface area contributed by atoms with Crippen LogP contribution in [-0.2, 0) is 9.53 Å². The minimum atomic E-state index is -0.811. The first kappa shape index (κ1) is 29.2. The number of aromatic nitrogens is 2. The number of aromatic amines is 1. The molecule has 224 valence electrons. The molecule has 3 heterocycles. The summed E-state index contributed by atoms with van der Waals surface area (Å²) in [5, 5.41) is 1.03. The monoisotopic (exact) mass is 607 g/mol. The molecule has 3 aromatic carbocycles. The summed E-state index contributed by atoms with van der Waals surface area (Å²) in [5.41, 5.74) is 7.28. The highest BCUT2D eigenvalue weighted by Gasteiger charge is 2.35. The van der Waals surface area contributed by atoms with Gasteiger partial charge in [-0.15, -0.1) is 0 Å². The number of ether oxygens (including phenoxy) is 3. The molecular weight excluding hydrogens is 574 g/mol. The zero-order chi connectivity index (χ0) is 31.1. The number of carbonyl (C=O) groups excluding carboxylic acids is 1. The van der Waals surface area contributed by atoms with Crippen LogP contribution in [0.5, 0.6) is 11.5 Å². The van der Waals surface area contributed by atoms with Gasteiger partial charge in [0.1, 0.15) is 17.5 Å². The van der Waals surface area contributed by atoms with Gasteiger partial charge in [0.15, 0.2) is 4.80 Å².